The minimum Gasteiger partial charge on any atom is -0.397 e. The van der Waals surface area contributed by atoms with Crippen LogP contribution in [0.3, 0.4) is 0 Å². The van der Waals surface area contributed by atoms with Gasteiger partial charge in [0.15, 0.2) is 0 Å². The normalized spacial score (nSPS) is 12.0. The maximum Gasteiger partial charge on any atom is 0.253 e. The van der Waals surface area contributed by atoms with Crippen molar-refractivity contribution in [1.82, 2.24) is 5.32 Å². The van der Waals surface area contributed by atoms with Crippen LogP contribution in [0.2, 0.25) is 5.02 Å². The first-order valence-corrected chi connectivity index (χ1v) is 10.7. The minimum atomic E-state index is -1.13. The van der Waals surface area contributed by atoms with Crippen LogP contribution in [-0.4, -0.2) is 15.9 Å². The van der Waals surface area contributed by atoms with E-state index in [1.165, 1.54) is 0 Å². The maximum atomic E-state index is 12.5. The van der Waals surface area contributed by atoms with Crippen molar-refractivity contribution in [3.63, 3.8) is 0 Å². The molecule has 0 aromatic heterocycles. The zero-order valence-electron chi connectivity index (χ0n) is 13.7. The van der Waals surface area contributed by atoms with E-state index in [9.17, 15) is 9.00 Å². The van der Waals surface area contributed by atoms with E-state index in [0.717, 1.165) is 15.6 Å². The Morgan fingerprint density at radius 3 is 2.64 bits per heavy atom. The van der Waals surface area contributed by atoms with Crippen LogP contribution >= 0.6 is 43.5 Å². The van der Waals surface area contributed by atoms with Crippen LogP contribution < -0.4 is 11.1 Å². The molecule has 0 aliphatic carbocycles. The van der Waals surface area contributed by atoms with Gasteiger partial charge in [0.05, 0.1) is 22.1 Å². The summed E-state index contributed by atoms with van der Waals surface area (Å²) in [5.74, 6) is 0.181. The number of amides is 1. The molecule has 0 aliphatic heterocycles. The first-order valence-electron chi connectivity index (χ1n) is 7.45. The predicted molar refractivity (Wildman–Crippen MR) is 111 cm³/mol. The summed E-state index contributed by atoms with van der Waals surface area (Å²) in [7, 11) is -1.13. The largest absolute Gasteiger partial charge is 0.397 e. The van der Waals surface area contributed by atoms with E-state index in [2.05, 4.69) is 37.2 Å². The van der Waals surface area contributed by atoms with Gasteiger partial charge in [-0.3, -0.25) is 9.00 Å². The van der Waals surface area contributed by atoms with Crippen LogP contribution in [0.25, 0.3) is 0 Å². The smallest absolute Gasteiger partial charge is 0.253 e. The molecular formula is C17H17Br2ClN2O2S. The molecule has 0 radical (unpaired) electrons. The monoisotopic (exact) mass is 506 g/mol. The summed E-state index contributed by atoms with van der Waals surface area (Å²) in [5.41, 5.74) is 8.44. The van der Waals surface area contributed by atoms with Gasteiger partial charge in [0.25, 0.3) is 5.91 Å². The zero-order valence-corrected chi connectivity index (χ0v) is 18.4. The number of rotatable bonds is 5. The number of hydrogen-bond donors (Lipinski definition) is 2. The summed E-state index contributed by atoms with van der Waals surface area (Å²) in [6.45, 7) is 3.95. The summed E-state index contributed by atoms with van der Waals surface area (Å²) in [6.07, 6.45) is 0. The van der Waals surface area contributed by atoms with Crippen molar-refractivity contribution in [3.8, 4) is 0 Å². The highest BCUT2D eigenvalue weighted by atomic mass is 79.9. The number of benzene rings is 2. The van der Waals surface area contributed by atoms with Crippen molar-refractivity contribution in [2.24, 2.45) is 0 Å². The van der Waals surface area contributed by atoms with Crippen LogP contribution in [0.5, 0.6) is 0 Å². The second-order valence-corrected chi connectivity index (χ2v) is 9.12. The van der Waals surface area contributed by atoms with Crippen LogP contribution in [0.15, 0.2) is 38.1 Å². The van der Waals surface area contributed by atoms with Gasteiger partial charge in [-0.25, -0.2) is 0 Å². The number of anilines is 1. The van der Waals surface area contributed by atoms with Gasteiger partial charge in [-0.1, -0.05) is 34.5 Å². The first-order chi connectivity index (χ1) is 11.8. The molecule has 2 aromatic rings. The molecule has 0 saturated carbocycles. The Kier molecular flexibility index (Phi) is 7.08. The number of halogens is 3. The lowest BCUT2D eigenvalue weighted by Gasteiger charge is -2.14. The molecule has 2 aromatic carbocycles. The van der Waals surface area contributed by atoms with E-state index in [-0.39, 0.29) is 12.5 Å². The highest BCUT2D eigenvalue weighted by Gasteiger charge is 2.17. The van der Waals surface area contributed by atoms with E-state index in [4.69, 9.17) is 17.3 Å². The predicted octanol–water partition coefficient (Wildman–Crippen LogP) is 4.81. The molecule has 0 bridgehead atoms. The summed E-state index contributed by atoms with van der Waals surface area (Å²) >= 11 is 12.9. The minimum absolute atomic E-state index is 0.211. The molecule has 0 spiro atoms. The number of carbonyl (C=O) groups is 1. The van der Waals surface area contributed by atoms with Crippen LogP contribution in [0, 0.1) is 6.92 Å². The lowest BCUT2D eigenvalue weighted by atomic mass is 10.1. The number of carbonyl (C=O) groups excluding carboxylic acids is 1. The topological polar surface area (TPSA) is 72.2 Å². The Bertz CT molecular complexity index is 859. The molecule has 0 fully saturated rings. The second kappa shape index (κ2) is 8.66. The fraction of sp³-hybridized carbons (Fsp3) is 0.235. The third-order valence-electron chi connectivity index (χ3n) is 3.70. The summed E-state index contributed by atoms with van der Waals surface area (Å²) in [4.78, 5) is 13.2. The average Bonchev–Trinajstić information content (AvgIpc) is 2.60. The Morgan fingerprint density at radius 2 is 2.00 bits per heavy atom. The van der Waals surface area contributed by atoms with Gasteiger partial charge >= 0.3 is 0 Å². The van der Waals surface area contributed by atoms with E-state index in [1.54, 1.807) is 24.3 Å². The maximum absolute atomic E-state index is 12.5. The van der Waals surface area contributed by atoms with Gasteiger partial charge in [0.1, 0.15) is 0 Å². The number of nitrogens with two attached hydrogens (primary N) is 1. The quantitative estimate of drug-likeness (QED) is 0.569. The number of nitrogens with one attached hydrogen (secondary N) is 1. The van der Waals surface area contributed by atoms with Crippen molar-refractivity contribution >= 4 is 65.9 Å². The molecule has 3 N–H and O–H groups in total. The lowest BCUT2D eigenvalue weighted by molar-refractivity contribution is 0.0951. The van der Waals surface area contributed by atoms with Crippen LogP contribution in [0.4, 0.5) is 5.69 Å². The molecule has 1 unspecified atom stereocenters. The molecule has 25 heavy (non-hydrogen) atoms. The Hall–Kier alpha value is -0.890. The van der Waals surface area contributed by atoms with Crippen LogP contribution in [-0.2, 0) is 17.3 Å². The highest BCUT2D eigenvalue weighted by molar-refractivity contribution is 9.11. The average molecular weight is 509 g/mol. The van der Waals surface area contributed by atoms with Crippen LogP contribution in [0.1, 0.15) is 28.4 Å². The number of hydrogen-bond acceptors (Lipinski definition) is 3. The Balaban J connectivity index is 2.27. The lowest BCUT2D eigenvalue weighted by Crippen LogP contribution is -2.25. The number of nitrogen functional groups attached to an aromatic ring is 1. The third-order valence-corrected chi connectivity index (χ3v) is 7.19. The van der Waals surface area contributed by atoms with Gasteiger partial charge in [-0.05, 0) is 58.2 Å². The second-order valence-electron chi connectivity index (χ2n) is 5.33. The van der Waals surface area contributed by atoms with Crippen molar-refractivity contribution in [3.05, 3.63) is 54.9 Å². The van der Waals surface area contributed by atoms with Gasteiger partial charge in [0.2, 0.25) is 0 Å². The summed E-state index contributed by atoms with van der Waals surface area (Å²) in [5, 5.41) is 3.35. The zero-order chi connectivity index (χ0) is 18.7. The van der Waals surface area contributed by atoms with Gasteiger partial charge in [-0.15, -0.1) is 0 Å². The molecule has 1 atom stereocenters. The fourth-order valence-electron chi connectivity index (χ4n) is 2.26. The standard InChI is InChI=1S/C17H17Br2ClN2O2S/c1-3-25(24)14-5-4-11(20)6-10(14)8-22-17(23)12-7-13(18)9(2)15(19)16(12)21/h4-7H,3,8,21H2,1-2H3,(H,22,23). The van der Waals surface area contributed by atoms with E-state index < -0.39 is 10.8 Å². The van der Waals surface area contributed by atoms with Crippen molar-refractivity contribution < 1.29 is 9.00 Å². The summed E-state index contributed by atoms with van der Waals surface area (Å²) in [6, 6.07) is 6.84. The summed E-state index contributed by atoms with van der Waals surface area (Å²) < 4.78 is 13.6. The fourth-order valence-corrected chi connectivity index (χ4v) is 4.53. The van der Waals surface area contributed by atoms with E-state index in [0.29, 0.717) is 31.4 Å². The SMILES string of the molecule is CCS(=O)c1ccc(Cl)cc1CNC(=O)c1cc(Br)c(C)c(Br)c1N. The van der Waals surface area contributed by atoms with Gasteiger partial charge < -0.3 is 11.1 Å². The molecule has 1 amide bonds. The molecule has 0 saturated heterocycles. The molecule has 0 heterocycles. The molecule has 0 aliphatic rings. The van der Waals surface area contributed by atoms with Crippen molar-refractivity contribution in [2.45, 2.75) is 25.3 Å². The van der Waals surface area contributed by atoms with E-state index >= 15 is 0 Å². The molecule has 8 heteroatoms. The van der Waals surface area contributed by atoms with Crippen molar-refractivity contribution in [2.75, 3.05) is 11.5 Å². The Labute approximate surface area is 171 Å². The molecule has 4 nitrogen and oxygen atoms in total. The first kappa shape index (κ1) is 20.4. The highest BCUT2D eigenvalue weighted by Crippen LogP contribution is 2.33. The molecule has 2 rings (SSSR count). The van der Waals surface area contributed by atoms with Crippen molar-refractivity contribution in [1.29, 1.82) is 0 Å². The molecule has 134 valence electrons. The Morgan fingerprint density at radius 1 is 1.32 bits per heavy atom. The van der Waals surface area contributed by atoms with Gasteiger partial charge in [0, 0.05) is 31.2 Å². The van der Waals surface area contributed by atoms with E-state index in [1.807, 2.05) is 13.8 Å². The third kappa shape index (κ3) is 4.64. The molecular weight excluding hydrogens is 492 g/mol. The van der Waals surface area contributed by atoms with Gasteiger partial charge in [-0.2, -0.15) is 0 Å².